The number of benzene rings is 1. The molecule has 0 saturated heterocycles. The van der Waals surface area contributed by atoms with Crippen molar-refractivity contribution in [1.29, 1.82) is 0 Å². The van der Waals surface area contributed by atoms with Crippen LogP contribution in [0.5, 0.6) is 0 Å². The Balaban J connectivity index is 1.83. The summed E-state index contributed by atoms with van der Waals surface area (Å²) in [6.45, 7) is 9.48. The van der Waals surface area contributed by atoms with Crippen LogP contribution in [0.1, 0.15) is 51.2 Å². The van der Waals surface area contributed by atoms with Crippen molar-refractivity contribution in [3.05, 3.63) is 56.2 Å². The highest BCUT2D eigenvalue weighted by molar-refractivity contribution is 5.74. The highest BCUT2D eigenvalue weighted by atomic mass is 16.2. The molecule has 0 unspecified atom stereocenters. The Morgan fingerprint density at radius 1 is 1.23 bits per heavy atom. The van der Waals surface area contributed by atoms with Gasteiger partial charge in [0.1, 0.15) is 0 Å². The summed E-state index contributed by atoms with van der Waals surface area (Å²) in [5.74, 6) is 1.27. The second kappa shape index (κ2) is 7.45. The number of fused-ring (bicyclic) bond motifs is 1. The Labute approximate surface area is 176 Å². The highest BCUT2D eigenvalue weighted by Gasteiger charge is 2.33. The molecule has 30 heavy (non-hydrogen) atoms. The smallest absolute Gasteiger partial charge is 0.329 e. The van der Waals surface area contributed by atoms with E-state index in [-0.39, 0.29) is 11.5 Å². The first-order valence-corrected chi connectivity index (χ1v) is 10.7. The molecule has 2 atom stereocenters. The zero-order chi connectivity index (χ0) is 21.6. The normalized spacial score (nSPS) is 21.1. The molecule has 2 aromatic heterocycles. The number of imidazole rings is 1. The van der Waals surface area contributed by atoms with Crippen molar-refractivity contribution in [1.82, 2.24) is 19.1 Å². The molecule has 7 nitrogen and oxygen atoms in total. The lowest BCUT2D eigenvalue weighted by Crippen LogP contribution is -2.36. The first-order valence-electron chi connectivity index (χ1n) is 10.7. The Hall–Kier alpha value is -2.83. The molecule has 0 aliphatic heterocycles. The molecule has 2 heterocycles. The molecule has 4 rings (SSSR count). The van der Waals surface area contributed by atoms with Gasteiger partial charge in [0.15, 0.2) is 11.2 Å². The lowest BCUT2D eigenvalue weighted by molar-refractivity contribution is 0.177. The largest absolute Gasteiger partial charge is 0.353 e. The van der Waals surface area contributed by atoms with E-state index >= 15 is 0 Å². The molecule has 0 amide bonds. The summed E-state index contributed by atoms with van der Waals surface area (Å²) in [4.78, 5) is 32.0. The molecule has 0 spiro atoms. The predicted octanol–water partition coefficient (Wildman–Crippen LogP) is 3.41. The average Bonchev–Trinajstić information content (AvgIpc) is 2.98. The van der Waals surface area contributed by atoms with Gasteiger partial charge in [0.2, 0.25) is 5.95 Å². The van der Waals surface area contributed by atoms with Crippen LogP contribution in [0.25, 0.3) is 11.2 Å². The highest BCUT2D eigenvalue weighted by Crippen LogP contribution is 2.39. The van der Waals surface area contributed by atoms with Gasteiger partial charge in [-0.2, -0.15) is 4.98 Å². The number of aromatic amines is 1. The number of aryl methyl sites for hydroxylation is 2. The Morgan fingerprint density at radius 3 is 2.67 bits per heavy atom. The van der Waals surface area contributed by atoms with E-state index in [9.17, 15) is 9.59 Å². The van der Waals surface area contributed by atoms with Gasteiger partial charge < -0.3 is 5.32 Å². The number of H-pyrrole nitrogens is 1. The monoisotopic (exact) mass is 409 g/mol. The van der Waals surface area contributed by atoms with E-state index in [1.165, 1.54) is 11.0 Å². The number of rotatable bonds is 4. The maximum absolute atomic E-state index is 12.8. The Bertz CT molecular complexity index is 1200. The average molecular weight is 410 g/mol. The summed E-state index contributed by atoms with van der Waals surface area (Å²) in [7, 11) is 1.64. The van der Waals surface area contributed by atoms with E-state index in [2.05, 4.69) is 50.1 Å². The number of anilines is 1. The van der Waals surface area contributed by atoms with Crippen LogP contribution in [0.15, 0.2) is 33.9 Å². The number of nitrogens with one attached hydrogen (secondary N) is 2. The van der Waals surface area contributed by atoms with Gasteiger partial charge in [-0.15, -0.1) is 0 Å². The van der Waals surface area contributed by atoms with Gasteiger partial charge in [-0.3, -0.25) is 18.9 Å². The molecular formula is C23H31N5O2. The standard InChI is InChI=1S/C23H31N5O2/c1-14-10-17(12-23(3,4)11-14)24-21-25-19-18(20(29)26-22(30)27(19)5)28(21)13-16-9-7-6-8-15(16)2/h6-9,14,17H,10-13H2,1-5H3,(H,24,25)(H,26,29,30)/t14-,17+/m1/s1. The third kappa shape index (κ3) is 3.80. The molecule has 3 aromatic rings. The van der Waals surface area contributed by atoms with Gasteiger partial charge >= 0.3 is 5.69 Å². The van der Waals surface area contributed by atoms with Crippen molar-refractivity contribution >= 4 is 17.1 Å². The minimum absolute atomic E-state index is 0.256. The van der Waals surface area contributed by atoms with E-state index in [0.717, 1.165) is 24.0 Å². The Morgan fingerprint density at radius 2 is 1.97 bits per heavy atom. The van der Waals surface area contributed by atoms with Crippen LogP contribution in [0.3, 0.4) is 0 Å². The van der Waals surface area contributed by atoms with E-state index in [0.29, 0.717) is 29.6 Å². The van der Waals surface area contributed by atoms with Crippen LogP contribution in [-0.4, -0.2) is 25.1 Å². The van der Waals surface area contributed by atoms with Crippen molar-refractivity contribution in [3.8, 4) is 0 Å². The first-order chi connectivity index (χ1) is 14.1. The zero-order valence-corrected chi connectivity index (χ0v) is 18.5. The summed E-state index contributed by atoms with van der Waals surface area (Å²) in [6, 6.07) is 8.40. The molecule has 0 bridgehead atoms. The lowest BCUT2D eigenvalue weighted by atomic mass is 9.71. The predicted molar refractivity (Wildman–Crippen MR) is 120 cm³/mol. The van der Waals surface area contributed by atoms with E-state index in [1.54, 1.807) is 7.05 Å². The molecule has 160 valence electrons. The summed E-state index contributed by atoms with van der Waals surface area (Å²) in [5.41, 5.74) is 2.50. The van der Waals surface area contributed by atoms with Crippen LogP contribution in [0.4, 0.5) is 5.95 Å². The SMILES string of the molecule is Cc1ccccc1Cn1c(N[C@H]2C[C@@H](C)CC(C)(C)C2)nc2c1c(=O)[nH]c(=O)n2C. The van der Waals surface area contributed by atoms with Gasteiger partial charge in [0.05, 0.1) is 6.54 Å². The lowest BCUT2D eigenvalue weighted by Gasteiger charge is -2.39. The molecular weight excluding hydrogens is 378 g/mol. The third-order valence-corrected chi connectivity index (χ3v) is 6.32. The molecule has 1 aromatic carbocycles. The quantitative estimate of drug-likeness (QED) is 0.692. The Kier molecular flexibility index (Phi) is 5.08. The number of aromatic nitrogens is 4. The molecule has 0 radical (unpaired) electrons. The summed E-state index contributed by atoms with van der Waals surface area (Å²) >= 11 is 0. The fourth-order valence-electron chi connectivity index (χ4n) is 5.10. The van der Waals surface area contributed by atoms with Crippen LogP contribution < -0.4 is 16.6 Å². The fourth-order valence-corrected chi connectivity index (χ4v) is 5.10. The van der Waals surface area contributed by atoms with Gasteiger partial charge in [-0.05, 0) is 48.6 Å². The maximum atomic E-state index is 12.8. The summed E-state index contributed by atoms with van der Waals surface area (Å²) in [5, 5.41) is 3.62. The van der Waals surface area contributed by atoms with Crippen molar-refractivity contribution in [2.24, 2.45) is 18.4 Å². The molecule has 1 saturated carbocycles. The number of nitrogens with zero attached hydrogens (tertiary/aromatic N) is 3. The number of hydrogen-bond donors (Lipinski definition) is 2. The van der Waals surface area contributed by atoms with Gasteiger partial charge in [0, 0.05) is 13.1 Å². The summed E-state index contributed by atoms with van der Waals surface area (Å²) in [6.07, 6.45) is 3.31. The summed E-state index contributed by atoms with van der Waals surface area (Å²) < 4.78 is 3.33. The van der Waals surface area contributed by atoms with Crippen LogP contribution >= 0.6 is 0 Å². The maximum Gasteiger partial charge on any atom is 0.329 e. The molecule has 1 fully saturated rings. The van der Waals surface area contributed by atoms with E-state index in [1.807, 2.05) is 16.7 Å². The second-order valence-electron chi connectivity index (χ2n) is 9.69. The van der Waals surface area contributed by atoms with Crippen molar-refractivity contribution in [2.75, 3.05) is 5.32 Å². The molecule has 2 N–H and O–H groups in total. The molecule has 1 aliphatic rings. The van der Waals surface area contributed by atoms with Crippen LogP contribution in [0.2, 0.25) is 0 Å². The third-order valence-electron chi connectivity index (χ3n) is 6.32. The first kappa shape index (κ1) is 20.4. The van der Waals surface area contributed by atoms with Crippen LogP contribution in [0, 0.1) is 18.3 Å². The number of hydrogen-bond acceptors (Lipinski definition) is 4. The van der Waals surface area contributed by atoms with Crippen molar-refractivity contribution in [3.63, 3.8) is 0 Å². The second-order valence-corrected chi connectivity index (χ2v) is 9.69. The fraction of sp³-hybridized carbons (Fsp3) is 0.522. The van der Waals surface area contributed by atoms with Crippen molar-refractivity contribution < 1.29 is 0 Å². The van der Waals surface area contributed by atoms with E-state index < -0.39 is 11.2 Å². The van der Waals surface area contributed by atoms with Crippen molar-refractivity contribution in [2.45, 2.75) is 59.5 Å². The zero-order valence-electron chi connectivity index (χ0n) is 18.5. The minimum atomic E-state index is -0.452. The van der Waals surface area contributed by atoms with Gasteiger partial charge in [-0.25, -0.2) is 4.79 Å². The van der Waals surface area contributed by atoms with Gasteiger partial charge in [0.25, 0.3) is 5.56 Å². The van der Waals surface area contributed by atoms with Gasteiger partial charge in [-0.1, -0.05) is 45.0 Å². The molecule has 1 aliphatic carbocycles. The van der Waals surface area contributed by atoms with Crippen LogP contribution in [-0.2, 0) is 13.6 Å². The molecule has 7 heteroatoms. The minimum Gasteiger partial charge on any atom is -0.353 e. The topological polar surface area (TPSA) is 84.7 Å². The van der Waals surface area contributed by atoms with E-state index in [4.69, 9.17) is 4.98 Å².